The summed E-state index contributed by atoms with van der Waals surface area (Å²) in [6.45, 7) is 0.573. The molecule has 1 aromatic heterocycles. The van der Waals surface area contributed by atoms with Gasteiger partial charge in [-0.15, -0.1) is 0 Å². The molecule has 76 valence electrons. The van der Waals surface area contributed by atoms with Gasteiger partial charge in [0.25, 0.3) is 0 Å². The molecule has 0 spiro atoms. The van der Waals surface area contributed by atoms with Crippen LogP contribution in [0, 0.1) is 9.39 Å². The molecule has 0 saturated heterocycles. The highest BCUT2D eigenvalue weighted by Crippen LogP contribution is 2.11. The number of aromatic nitrogens is 1. The molecule has 1 nitrogen and oxygen atoms in total. The molecule has 0 aliphatic carbocycles. The van der Waals surface area contributed by atoms with Gasteiger partial charge in [-0.25, -0.2) is 8.96 Å². The summed E-state index contributed by atoms with van der Waals surface area (Å²) in [6.07, 6.45) is 3.86. The van der Waals surface area contributed by atoms with Gasteiger partial charge in [-0.1, -0.05) is 6.07 Å². The maximum Gasteiger partial charge on any atom is 0.176 e. The molecule has 0 atom stereocenters. The fourth-order valence-corrected chi connectivity index (χ4v) is 1.84. The molecule has 3 heteroatoms. The van der Waals surface area contributed by atoms with Gasteiger partial charge in [0, 0.05) is 15.7 Å². The number of halogens is 2. The molecular weight excluding hydrogens is 304 g/mol. The molecule has 0 aliphatic rings. The number of pyridine rings is 1. The van der Waals surface area contributed by atoms with Crippen LogP contribution in [0.4, 0.5) is 4.39 Å². The summed E-state index contributed by atoms with van der Waals surface area (Å²) in [5.41, 5.74) is 0.714. The number of hydrogen-bond donors (Lipinski definition) is 0. The van der Waals surface area contributed by atoms with E-state index in [1.165, 1.54) is 0 Å². The molecule has 0 N–H and O–H groups in total. The average molecular weight is 314 g/mol. The standard InChI is InChI=1S/C12H10FIN/c13-12-8-11(14)5-4-10(12)9-15-6-2-1-3-7-15/h1-8H,9H2/q+1. The highest BCUT2D eigenvalue weighted by molar-refractivity contribution is 14.1. The number of hydrogen-bond acceptors (Lipinski definition) is 0. The minimum Gasteiger partial charge on any atom is -0.206 e. The van der Waals surface area contributed by atoms with Gasteiger partial charge in [-0.3, -0.25) is 0 Å². The Hall–Kier alpha value is -0.970. The van der Waals surface area contributed by atoms with Crippen LogP contribution in [0.3, 0.4) is 0 Å². The van der Waals surface area contributed by atoms with Crippen LogP contribution in [-0.4, -0.2) is 0 Å². The molecule has 0 unspecified atom stereocenters. The van der Waals surface area contributed by atoms with Crippen LogP contribution in [0.15, 0.2) is 48.8 Å². The maximum absolute atomic E-state index is 13.5. The normalized spacial score (nSPS) is 10.3. The van der Waals surface area contributed by atoms with E-state index in [0.717, 1.165) is 3.57 Å². The third kappa shape index (κ3) is 2.75. The highest BCUT2D eigenvalue weighted by atomic mass is 127. The molecule has 1 aromatic carbocycles. The van der Waals surface area contributed by atoms with Crippen molar-refractivity contribution in [3.63, 3.8) is 0 Å². The SMILES string of the molecule is Fc1cc(I)ccc1C[n+]1ccccc1. The molecule has 0 radical (unpaired) electrons. The van der Waals surface area contributed by atoms with Crippen molar-refractivity contribution in [3.8, 4) is 0 Å². The molecule has 0 amide bonds. The summed E-state index contributed by atoms with van der Waals surface area (Å²) in [5, 5.41) is 0. The van der Waals surface area contributed by atoms with Crippen molar-refractivity contribution >= 4 is 22.6 Å². The molecule has 0 bridgehead atoms. The summed E-state index contributed by atoms with van der Waals surface area (Å²) >= 11 is 2.11. The van der Waals surface area contributed by atoms with Crippen LogP contribution in [0.25, 0.3) is 0 Å². The molecule has 2 rings (SSSR count). The van der Waals surface area contributed by atoms with Gasteiger partial charge in [-0.05, 0) is 40.8 Å². The number of benzene rings is 1. The van der Waals surface area contributed by atoms with Gasteiger partial charge in [0.05, 0.1) is 5.56 Å². The lowest BCUT2D eigenvalue weighted by Gasteiger charge is -2.00. The van der Waals surface area contributed by atoms with Crippen LogP contribution in [0.5, 0.6) is 0 Å². The van der Waals surface area contributed by atoms with Gasteiger partial charge in [0.2, 0.25) is 0 Å². The predicted molar refractivity (Wildman–Crippen MR) is 64.9 cm³/mol. The van der Waals surface area contributed by atoms with Crippen molar-refractivity contribution in [1.29, 1.82) is 0 Å². The Morgan fingerprint density at radius 2 is 1.87 bits per heavy atom. The second kappa shape index (κ2) is 4.70. The third-order valence-electron chi connectivity index (χ3n) is 2.15. The van der Waals surface area contributed by atoms with Crippen LogP contribution in [-0.2, 0) is 6.54 Å². The van der Waals surface area contributed by atoms with Crippen molar-refractivity contribution in [3.05, 3.63) is 63.7 Å². The van der Waals surface area contributed by atoms with E-state index in [2.05, 4.69) is 22.6 Å². The molecule has 0 saturated carbocycles. The van der Waals surface area contributed by atoms with E-state index in [1.807, 2.05) is 47.3 Å². The molecule has 15 heavy (non-hydrogen) atoms. The van der Waals surface area contributed by atoms with E-state index in [4.69, 9.17) is 0 Å². The Labute approximate surface area is 102 Å². The second-order valence-electron chi connectivity index (χ2n) is 3.28. The van der Waals surface area contributed by atoms with E-state index in [0.29, 0.717) is 12.1 Å². The average Bonchev–Trinajstić information content (AvgIpc) is 2.24. The lowest BCUT2D eigenvalue weighted by molar-refractivity contribution is -0.688. The Morgan fingerprint density at radius 3 is 2.53 bits per heavy atom. The van der Waals surface area contributed by atoms with E-state index in [-0.39, 0.29) is 5.82 Å². The Morgan fingerprint density at radius 1 is 1.13 bits per heavy atom. The first kappa shape index (κ1) is 10.5. The molecule has 0 aliphatic heterocycles. The predicted octanol–water partition coefficient (Wildman–Crippen LogP) is 2.77. The Balaban J connectivity index is 2.25. The van der Waals surface area contributed by atoms with Gasteiger partial charge in [0.15, 0.2) is 18.9 Å². The largest absolute Gasteiger partial charge is 0.206 e. The van der Waals surface area contributed by atoms with E-state index >= 15 is 0 Å². The summed E-state index contributed by atoms with van der Waals surface area (Å²) in [5.74, 6) is -0.141. The molecule has 2 aromatic rings. The molecular formula is C12H10FIN+. The van der Waals surface area contributed by atoms with Crippen molar-refractivity contribution in [2.24, 2.45) is 0 Å². The summed E-state index contributed by atoms with van der Waals surface area (Å²) in [7, 11) is 0. The summed E-state index contributed by atoms with van der Waals surface area (Å²) in [4.78, 5) is 0. The van der Waals surface area contributed by atoms with E-state index in [1.54, 1.807) is 6.07 Å². The third-order valence-corrected chi connectivity index (χ3v) is 2.82. The smallest absolute Gasteiger partial charge is 0.176 e. The lowest BCUT2D eigenvalue weighted by atomic mass is 10.2. The van der Waals surface area contributed by atoms with E-state index < -0.39 is 0 Å². The van der Waals surface area contributed by atoms with Crippen molar-refractivity contribution in [2.45, 2.75) is 6.54 Å². The fourth-order valence-electron chi connectivity index (χ4n) is 1.39. The first-order valence-electron chi connectivity index (χ1n) is 4.64. The first-order valence-corrected chi connectivity index (χ1v) is 5.71. The van der Waals surface area contributed by atoms with Crippen LogP contribution in [0.2, 0.25) is 0 Å². The minimum atomic E-state index is -0.141. The summed E-state index contributed by atoms with van der Waals surface area (Å²) in [6, 6.07) is 11.1. The van der Waals surface area contributed by atoms with Gasteiger partial charge in [0.1, 0.15) is 5.82 Å². The number of rotatable bonds is 2. The number of nitrogens with zero attached hydrogens (tertiary/aromatic N) is 1. The fraction of sp³-hybridized carbons (Fsp3) is 0.0833. The maximum atomic E-state index is 13.5. The highest BCUT2D eigenvalue weighted by Gasteiger charge is 2.07. The molecule has 1 heterocycles. The quantitative estimate of drug-likeness (QED) is 0.593. The van der Waals surface area contributed by atoms with Crippen molar-refractivity contribution < 1.29 is 8.96 Å². The van der Waals surface area contributed by atoms with Crippen LogP contribution >= 0.6 is 22.6 Å². The minimum absolute atomic E-state index is 0.141. The van der Waals surface area contributed by atoms with Gasteiger partial charge in [-0.2, -0.15) is 0 Å². The zero-order valence-corrected chi connectivity index (χ0v) is 10.2. The lowest BCUT2D eigenvalue weighted by Crippen LogP contribution is -2.33. The van der Waals surface area contributed by atoms with Crippen molar-refractivity contribution in [2.75, 3.05) is 0 Å². The van der Waals surface area contributed by atoms with Crippen molar-refractivity contribution in [1.82, 2.24) is 0 Å². The monoisotopic (exact) mass is 314 g/mol. The second-order valence-corrected chi connectivity index (χ2v) is 4.53. The topological polar surface area (TPSA) is 3.88 Å². The van der Waals surface area contributed by atoms with Crippen LogP contribution in [0.1, 0.15) is 5.56 Å². The zero-order chi connectivity index (χ0) is 10.7. The van der Waals surface area contributed by atoms with Crippen LogP contribution < -0.4 is 4.57 Å². The van der Waals surface area contributed by atoms with Gasteiger partial charge >= 0.3 is 0 Å². The zero-order valence-electron chi connectivity index (χ0n) is 8.03. The Kier molecular flexibility index (Phi) is 3.30. The summed E-state index contributed by atoms with van der Waals surface area (Å²) < 4.78 is 16.4. The first-order chi connectivity index (χ1) is 7.25. The van der Waals surface area contributed by atoms with E-state index in [9.17, 15) is 4.39 Å². The van der Waals surface area contributed by atoms with Gasteiger partial charge < -0.3 is 0 Å². The Bertz CT molecular complexity index is 456. The molecule has 0 fully saturated rings.